The third-order valence-corrected chi connectivity index (χ3v) is 5.00. The van der Waals surface area contributed by atoms with Crippen molar-refractivity contribution >= 4 is 22.4 Å². The highest BCUT2D eigenvalue weighted by atomic mass is 32.1. The van der Waals surface area contributed by atoms with Gasteiger partial charge in [0.15, 0.2) is 5.13 Å². The van der Waals surface area contributed by atoms with E-state index in [2.05, 4.69) is 47.6 Å². The normalized spacial score (nSPS) is 10.6. The first-order valence-corrected chi connectivity index (χ1v) is 9.81. The lowest BCUT2D eigenvalue weighted by atomic mass is 10.1. The van der Waals surface area contributed by atoms with E-state index in [0.29, 0.717) is 18.2 Å². The van der Waals surface area contributed by atoms with Crippen LogP contribution >= 0.6 is 11.3 Å². The number of rotatable bonds is 7. The highest BCUT2D eigenvalue weighted by Crippen LogP contribution is 2.22. The molecule has 0 aliphatic carbocycles. The Morgan fingerprint density at radius 1 is 1.04 bits per heavy atom. The van der Waals surface area contributed by atoms with E-state index in [9.17, 15) is 4.79 Å². The van der Waals surface area contributed by atoms with Crippen molar-refractivity contribution in [1.29, 1.82) is 0 Å². The predicted octanol–water partition coefficient (Wildman–Crippen LogP) is 5.07. The average molecular weight is 381 g/mol. The number of aryl methyl sites for hydroxylation is 3. The Kier molecular flexibility index (Phi) is 6.24. The lowest BCUT2D eigenvalue weighted by Gasteiger charge is -2.08. The first-order chi connectivity index (χ1) is 13.0. The largest absolute Gasteiger partial charge is 0.493 e. The van der Waals surface area contributed by atoms with Gasteiger partial charge in [-0.2, -0.15) is 0 Å². The highest BCUT2D eigenvalue weighted by molar-refractivity contribution is 7.15. The van der Waals surface area contributed by atoms with E-state index in [1.807, 2.05) is 32.2 Å². The first-order valence-electron chi connectivity index (χ1n) is 8.99. The van der Waals surface area contributed by atoms with Crippen molar-refractivity contribution in [2.24, 2.45) is 0 Å². The molecule has 27 heavy (non-hydrogen) atoms. The number of hydrogen-bond acceptors (Lipinski definition) is 4. The molecule has 2 aromatic carbocycles. The first kappa shape index (κ1) is 19.1. The smallest absolute Gasteiger partial charge is 0.229 e. The monoisotopic (exact) mass is 380 g/mol. The number of benzene rings is 2. The molecule has 1 aromatic heterocycles. The number of hydrogen-bond donors (Lipinski definition) is 1. The minimum atomic E-state index is -0.0874. The van der Waals surface area contributed by atoms with Crippen LogP contribution in [0, 0.1) is 20.8 Å². The molecular formula is C22H24N2O2S. The van der Waals surface area contributed by atoms with E-state index >= 15 is 0 Å². The zero-order valence-electron chi connectivity index (χ0n) is 15.9. The molecule has 0 aliphatic heterocycles. The summed E-state index contributed by atoms with van der Waals surface area (Å²) in [6.07, 6.45) is 2.94. The summed E-state index contributed by atoms with van der Waals surface area (Å²) in [4.78, 5) is 17.5. The van der Waals surface area contributed by atoms with Gasteiger partial charge in [-0.05, 0) is 49.6 Å². The lowest BCUT2D eigenvalue weighted by molar-refractivity contribution is -0.116. The van der Waals surface area contributed by atoms with Crippen LogP contribution in [-0.2, 0) is 11.2 Å². The molecule has 3 rings (SSSR count). The van der Waals surface area contributed by atoms with Gasteiger partial charge in [0.05, 0.1) is 13.0 Å². The van der Waals surface area contributed by atoms with E-state index < -0.39 is 0 Å². The number of amides is 1. The quantitative estimate of drug-likeness (QED) is 0.623. The van der Waals surface area contributed by atoms with Gasteiger partial charge in [-0.1, -0.05) is 35.9 Å². The summed E-state index contributed by atoms with van der Waals surface area (Å²) in [7, 11) is 0. The van der Waals surface area contributed by atoms with Gasteiger partial charge in [0.2, 0.25) is 5.91 Å². The van der Waals surface area contributed by atoms with Gasteiger partial charge < -0.3 is 10.1 Å². The number of aromatic nitrogens is 1. The van der Waals surface area contributed by atoms with Crippen LogP contribution in [0.4, 0.5) is 5.13 Å². The fraction of sp³-hybridized carbons (Fsp3) is 0.273. The maximum absolute atomic E-state index is 12.1. The Morgan fingerprint density at radius 3 is 2.44 bits per heavy atom. The van der Waals surface area contributed by atoms with Crippen LogP contribution in [0.3, 0.4) is 0 Å². The lowest BCUT2D eigenvalue weighted by Crippen LogP contribution is -2.15. The molecule has 0 fully saturated rings. The van der Waals surface area contributed by atoms with Crippen molar-refractivity contribution < 1.29 is 9.53 Å². The summed E-state index contributed by atoms with van der Waals surface area (Å²) in [5.74, 6) is 0.713. The van der Waals surface area contributed by atoms with Crippen molar-refractivity contribution in [1.82, 2.24) is 4.98 Å². The van der Waals surface area contributed by atoms with Crippen LogP contribution in [0.5, 0.6) is 5.75 Å². The summed E-state index contributed by atoms with van der Waals surface area (Å²) in [5, 5.41) is 3.49. The van der Waals surface area contributed by atoms with Gasteiger partial charge in [0.25, 0.3) is 0 Å². The number of thiazole rings is 1. The van der Waals surface area contributed by atoms with Gasteiger partial charge in [-0.25, -0.2) is 4.98 Å². The second-order valence-electron chi connectivity index (χ2n) is 6.76. The van der Waals surface area contributed by atoms with E-state index in [1.54, 1.807) is 0 Å². The van der Waals surface area contributed by atoms with E-state index in [4.69, 9.17) is 4.74 Å². The fourth-order valence-corrected chi connectivity index (χ4v) is 3.68. The maximum Gasteiger partial charge on any atom is 0.229 e. The third-order valence-electron chi connectivity index (χ3n) is 4.09. The second kappa shape index (κ2) is 8.82. The minimum absolute atomic E-state index is 0.0874. The molecule has 0 unspecified atom stereocenters. The number of nitrogens with zero attached hydrogens (tertiary/aromatic N) is 1. The standard InChI is InChI=1S/C22H24N2O2S/c1-15-4-6-18(7-5-15)13-20-14-23-22(27-20)24-21(25)8-9-26-19-11-16(2)10-17(3)12-19/h4-7,10-12,14H,8-9,13H2,1-3H3,(H,23,24,25). The number of nitrogens with one attached hydrogen (secondary N) is 1. The van der Waals surface area contributed by atoms with Crippen molar-refractivity contribution in [2.75, 3.05) is 11.9 Å². The number of carbonyl (C=O) groups is 1. The summed E-state index contributed by atoms with van der Waals surface area (Å²) in [6.45, 7) is 6.48. The Balaban J connectivity index is 1.46. The van der Waals surface area contributed by atoms with Gasteiger partial charge in [0, 0.05) is 17.5 Å². The molecule has 1 heterocycles. The van der Waals surface area contributed by atoms with Crippen LogP contribution < -0.4 is 10.1 Å². The summed E-state index contributed by atoms with van der Waals surface area (Å²) < 4.78 is 5.69. The second-order valence-corrected chi connectivity index (χ2v) is 7.88. The molecule has 4 nitrogen and oxygen atoms in total. The van der Waals surface area contributed by atoms with Crippen LogP contribution in [0.1, 0.15) is 33.6 Å². The van der Waals surface area contributed by atoms with Crippen molar-refractivity contribution in [2.45, 2.75) is 33.6 Å². The Bertz CT molecular complexity index is 896. The SMILES string of the molecule is Cc1ccc(Cc2cnc(NC(=O)CCOc3cc(C)cc(C)c3)s2)cc1. The fourth-order valence-electron chi connectivity index (χ4n) is 2.81. The molecule has 0 atom stereocenters. The van der Waals surface area contributed by atoms with Gasteiger partial charge in [0.1, 0.15) is 5.75 Å². The van der Waals surface area contributed by atoms with Crippen molar-refractivity contribution in [3.63, 3.8) is 0 Å². The zero-order valence-corrected chi connectivity index (χ0v) is 16.7. The van der Waals surface area contributed by atoms with Crippen LogP contribution in [0.15, 0.2) is 48.7 Å². The van der Waals surface area contributed by atoms with Gasteiger partial charge in [-0.15, -0.1) is 11.3 Å². The van der Waals surface area contributed by atoms with Crippen LogP contribution in [0.25, 0.3) is 0 Å². The molecule has 5 heteroatoms. The number of anilines is 1. The van der Waals surface area contributed by atoms with Crippen molar-refractivity contribution in [3.8, 4) is 5.75 Å². The highest BCUT2D eigenvalue weighted by Gasteiger charge is 2.08. The van der Waals surface area contributed by atoms with Crippen LogP contribution in [-0.4, -0.2) is 17.5 Å². The molecule has 3 aromatic rings. The molecule has 1 N–H and O–H groups in total. The van der Waals surface area contributed by atoms with E-state index in [0.717, 1.165) is 28.2 Å². The Labute approximate surface area is 164 Å². The Morgan fingerprint density at radius 2 is 1.74 bits per heavy atom. The zero-order chi connectivity index (χ0) is 19.2. The molecular weight excluding hydrogens is 356 g/mol. The molecule has 0 saturated carbocycles. The average Bonchev–Trinajstić information content (AvgIpc) is 3.03. The maximum atomic E-state index is 12.1. The Hall–Kier alpha value is -2.66. The summed E-state index contributed by atoms with van der Waals surface area (Å²) in [5.41, 5.74) is 4.79. The molecule has 0 aliphatic rings. The molecule has 140 valence electrons. The summed E-state index contributed by atoms with van der Waals surface area (Å²) >= 11 is 1.51. The third kappa shape index (κ3) is 5.93. The van der Waals surface area contributed by atoms with E-state index in [-0.39, 0.29) is 5.91 Å². The minimum Gasteiger partial charge on any atom is -0.493 e. The van der Waals surface area contributed by atoms with Gasteiger partial charge >= 0.3 is 0 Å². The van der Waals surface area contributed by atoms with E-state index in [1.165, 1.54) is 22.5 Å². The molecule has 0 bridgehead atoms. The topological polar surface area (TPSA) is 51.2 Å². The molecule has 0 saturated heterocycles. The molecule has 0 spiro atoms. The number of carbonyl (C=O) groups excluding carboxylic acids is 1. The number of ether oxygens (including phenoxy) is 1. The molecule has 0 radical (unpaired) electrons. The van der Waals surface area contributed by atoms with Crippen LogP contribution in [0.2, 0.25) is 0 Å². The predicted molar refractivity (Wildman–Crippen MR) is 111 cm³/mol. The summed E-state index contributed by atoms with van der Waals surface area (Å²) in [6, 6.07) is 14.5. The van der Waals surface area contributed by atoms with Gasteiger partial charge in [-0.3, -0.25) is 4.79 Å². The molecule has 1 amide bonds. The van der Waals surface area contributed by atoms with Crippen molar-refractivity contribution in [3.05, 3.63) is 75.8 Å².